The molecule has 138 valence electrons. The maximum Gasteiger partial charge on any atom is 0.277 e. The van der Waals surface area contributed by atoms with Gasteiger partial charge in [0.1, 0.15) is 5.82 Å². The predicted octanol–water partition coefficient (Wildman–Crippen LogP) is 4.15. The lowest BCUT2D eigenvalue weighted by Gasteiger charge is -2.44. The number of carbonyl (C=O) groups is 1. The molecule has 2 aromatic rings. The lowest BCUT2D eigenvalue weighted by Crippen LogP contribution is -2.50. The topological polar surface area (TPSA) is 59.2 Å². The molecule has 26 heavy (non-hydrogen) atoms. The van der Waals surface area contributed by atoms with E-state index in [1.807, 2.05) is 0 Å². The minimum absolute atomic E-state index is 0.160. The van der Waals surface area contributed by atoms with E-state index in [1.165, 1.54) is 49.6 Å². The Morgan fingerprint density at radius 3 is 2.77 bits per heavy atom. The quantitative estimate of drug-likeness (QED) is 0.752. The van der Waals surface area contributed by atoms with Crippen LogP contribution in [0.3, 0.4) is 0 Å². The number of halogens is 1. The number of benzene rings is 1. The summed E-state index contributed by atoms with van der Waals surface area (Å²) >= 11 is 1.27. The average molecular weight is 375 g/mol. The van der Waals surface area contributed by atoms with Gasteiger partial charge >= 0.3 is 0 Å². The number of fused-ring (bicyclic) bond motifs is 1. The Morgan fingerprint density at radius 2 is 1.92 bits per heavy atom. The first-order chi connectivity index (χ1) is 12.7. The van der Waals surface area contributed by atoms with Gasteiger partial charge in [0.05, 0.1) is 5.75 Å². The van der Waals surface area contributed by atoms with Crippen molar-refractivity contribution >= 4 is 17.7 Å². The number of nitrogens with zero attached hydrogens (tertiary/aromatic N) is 3. The van der Waals surface area contributed by atoms with Crippen molar-refractivity contribution in [1.82, 2.24) is 15.1 Å². The molecule has 0 spiro atoms. The van der Waals surface area contributed by atoms with Crippen molar-refractivity contribution in [3.63, 3.8) is 0 Å². The fraction of sp³-hybridized carbons (Fsp3) is 0.526. The van der Waals surface area contributed by atoms with Gasteiger partial charge in [0, 0.05) is 18.2 Å². The minimum atomic E-state index is -0.309. The zero-order chi connectivity index (χ0) is 17.9. The summed E-state index contributed by atoms with van der Waals surface area (Å²) in [5.41, 5.74) is 0.665. The third kappa shape index (κ3) is 3.77. The molecule has 2 aliphatic rings. The molecule has 1 aromatic heterocycles. The van der Waals surface area contributed by atoms with Gasteiger partial charge in [0.2, 0.25) is 11.8 Å². The molecule has 2 fully saturated rings. The van der Waals surface area contributed by atoms with Gasteiger partial charge in [-0.25, -0.2) is 4.39 Å². The van der Waals surface area contributed by atoms with Gasteiger partial charge in [-0.3, -0.25) is 4.79 Å². The summed E-state index contributed by atoms with van der Waals surface area (Å²) < 4.78 is 18.6. The van der Waals surface area contributed by atoms with Gasteiger partial charge in [0.25, 0.3) is 5.22 Å². The molecule has 0 radical (unpaired) electrons. The van der Waals surface area contributed by atoms with Crippen molar-refractivity contribution in [1.29, 1.82) is 0 Å². The number of hydrogen-bond donors (Lipinski definition) is 0. The van der Waals surface area contributed by atoms with Gasteiger partial charge < -0.3 is 9.32 Å². The Morgan fingerprint density at radius 1 is 1.15 bits per heavy atom. The average Bonchev–Trinajstić information content (AvgIpc) is 3.15. The fourth-order valence-electron chi connectivity index (χ4n) is 4.12. The lowest BCUT2D eigenvalue weighted by molar-refractivity contribution is -0.134. The van der Waals surface area contributed by atoms with Crippen molar-refractivity contribution in [2.24, 2.45) is 5.92 Å². The van der Waals surface area contributed by atoms with E-state index in [-0.39, 0.29) is 11.7 Å². The molecule has 4 rings (SSSR count). The van der Waals surface area contributed by atoms with Crippen molar-refractivity contribution in [3.8, 4) is 11.5 Å². The van der Waals surface area contributed by atoms with Gasteiger partial charge in [-0.15, -0.1) is 10.2 Å². The summed E-state index contributed by atoms with van der Waals surface area (Å²) in [6, 6.07) is 6.32. The Balaban J connectivity index is 1.36. The van der Waals surface area contributed by atoms with Crippen LogP contribution in [0.15, 0.2) is 33.9 Å². The van der Waals surface area contributed by atoms with Gasteiger partial charge in [0.15, 0.2) is 0 Å². The van der Waals surface area contributed by atoms with E-state index in [2.05, 4.69) is 15.1 Å². The second-order valence-corrected chi connectivity index (χ2v) is 7.94. The van der Waals surface area contributed by atoms with Crippen LogP contribution in [0.2, 0.25) is 0 Å². The molecule has 1 aliphatic heterocycles. The van der Waals surface area contributed by atoms with E-state index in [0.717, 1.165) is 19.4 Å². The van der Waals surface area contributed by atoms with E-state index >= 15 is 0 Å². The number of aromatic nitrogens is 2. The van der Waals surface area contributed by atoms with Crippen LogP contribution in [0.25, 0.3) is 11.5 Å². The molecular formula is C19H22FN3O2S. The number of hydrogen-bond acceptors (Lipinski definition) is 5. The molecular weight excluding hydrogens is 353 g/mol. The first-order valence-corrected chi connectivity index (χ1v) is 10.2. The molecule has 1 saturated carbocycles. The molecule has 2 atom stereocenters. The first-order valence-electron chi connectivity index (χ1n) is 9.22. The van der Waals surface area contributed by atoms with Crippen LogP contribution in [0.1, 0.15) is 38.5 Å². The highest BCUT2D eigenvalue weighted by molar-refractivity contribution is 7.99. The molecule has 0 unspecified atom stereocenters. The van der Waals surface area contributed by atoms with Crippen molar-refractivity contribution in [2.75, 3.05) is 12.3 Å². The number of thioether (sulfide) groups is 1. The molecule has 5 nitrogen and oxygen atoms in total. The summed E-state index contributed by atoms with van der Waals surface area (Å²) in [5, 5.41) is 8.35. The first kappa shape index (κ1) is 17.5. The summed E-state index contributed by atoms with van der Waals surface area (Å²) in [7, 11) is 0. The maximum atomic E-state index is 13.0. The van der Waals surface area contributed by atoms with Crippen LogP contribution in [0, 0.1) is 11.7 Å². The van der Waals surface area contributed by atoms with Crippen molar-refractivity contribution in [2.45, 2.75) is 49.8 Å². The Hall–Kier alpha value is -1.89. The summed E-state index contributed by atoms with van der Waals surface area (Å²) in [4.78, 5) is 14.8. The highest BCUT2D eigenvalue weighted by atomic mass is 32.2. The van der Waals surface area contributed by atoms with Crippen LogP contribution in [-0.4, -0.2) is 39.3 Å². The van der Waals surface area contributed by atoms with Crippen LogP contribution >= 0.6 is 11.8 Å². The normalized spacial score (nSPS) is 22.9. The number of amides is 1. The van der Waals surface area contributed by atoms with Crippen molar-refractivity contribution in [3.05, 3.63) is 30.1 Å². The molecule has 0 N–H and O–H groups in total. The fourth-order valence-corrected chi connectivity index (χ4v) is 4.77. The molecule has 1 amide bonds. The Kier molecular flexibility index (Phi) is 5.24. The van der Waals surface area contributed by atoms with E-state index in [4.69, 9.17) is 4.42 Å². The SMILES string of the molecule is O=C(CSc1nnc(-c2ccc(F)cc2)o1)N1CCC[C@H]2CCCC[C@@H]21. The number of piperidine rings is 1. The monoisotopic (exact) mass is 375 g/mol. The van der Waals surface area contributed by atoms with E-state index < -0.39 is 0 Å². The third-order valence-corrected chi connectivity index (χ3v) is 6.18. The molecule has 1 saturated heterocycles. The van der Waals surface area contributed by atoms with Crippen LogP contribution < -0.4 is 0 Å². The van der Waals surface area contributed by atoms with Crippen LogP contribution in [0.5, 0.6) is 0 Å². The third-order valence-electron chi connectivity index (χ3n) is 5.38. The highest BCUT2D eigenvalue weighted by Crippen LogP contribution is 2.35. The highest BCUT2D eigenvalue weighted by Gasteiger charge is 2.35. The zero-order valence-corrected chi connectivity index (χ0v) is 15.4. The lowest BCUT2D eigenvalue weighted by atomic mass is 9.78. The Labute approximate surface area is 156 Å². The molecule has 0 bridgehead atoms. The number of likely N-dealkylation sites (tertiary alicyclic amines) is 1. The van der Waals surface area contributed by atoms with Gasteiger partial charge in [-0.1, -0.05) is 24.6 Å². The second-order valence-electron chi connectivity index (χ2n) is 7.01. The summed E-state index contributed by atoms with van der Waals surface area (Å²) in [6.07, 6.45) is 7.27. The van der Waals surface area contributed by atoms with Gasteiger partial charge in [-0.2, -0.15) is 0 Å². The Bertz CT molecular complexity index is 762. The second kappa shape index (κ2) is 7.78. The van der Waals surface area contributed by atoms with Crippen LogP contribution in [0.4, 0.5) is 4.39 Å². The van der Waals surface area contributed by atoms with E-state index in [0.29, 0.717) is 34.4 Å². The predicted molar refractivity (Wildman–Crippen MR) is 97.1 cm³/mol. The molecule has 2 heterocycles. The largest absolute Gasteiger partial charge is 0.411 e. The number of rotatable bonds is 4. The minimum Gasteiger partial charge on any atom is -0.411 e. The summed E-state index contributed by atoms with van der Waals surface area (Å²) in [5.74, 6) is 1.18. The van der Waals surface area contributed by atoms with E-state index in [1.54, 1.807) is 12.1 Å². The van der Waals surface area contributed by atoms with Crippen LogP contribution in [-0.2, 0) is 4.79 Å². The molecule has 1 aromatic carbocycles. The summed E-state index contributed by atoms with van der Waals surface area (Å²) in [6.45, 7) is 0.866. The smallest absolute Gasteiger partial charge is 0.277 e. The molecule has 7 heteroatoms. The van der Waals surface area contributed by atoms with Crippen molar-refractivity contribution < 1.29 is 13.6 Å². The standard InChI is InChI=1S/C19H22FN3O2S/c20-15-9-7-14(8-10-15)18-21-22-19(25-18)26-12-17(24)23-11-3-5-13-4-1-2-6-16(13)23/h7-10,13,16H,1-6,11-12H2/t13-,16+/m1/s1. The maximum absolute atomic E-state index is 13.0. The zero-order valence-electron chi connectivity index (χ0n) is 14.6. The molecule has 1 aliphatic carbocycles. The van der Waals surface area contributed by atoms with E-state index in [9.17, 15) is 9.18 Å². The number of carbonyl (C=O) groups excluding carboxylic acids is 1. The van der Waals surface area contributed by atoms with Gasteiger partial charge in [-0.05, 0) is 55.9 Å².